The Kier molecular flexibility index (Phi) is 7.55. The van der Waals surface area contributed by atoms with E-state index in [1.807, 2.05) is 12.1 Å². The van der Waals surface area contributed by atoms with Crippen LogP contribution in [-0.2, 0) is 13.2 Å². The largest absolute Gasteiger partial charge is 0.487 e. The quantitative estimate of drug-likeness (QED) is 0.456. The second-order valence-corrected chi connectivity index (χ2v) is 8.94. The van der Waals surface area contributed by atoms with E-state index in [0.717, 1.165) is 30.8 Å². The van der Waals surface area contributed by atoms with Crippen molar-refractivity contribution in [2.24, 2.45) is 0 Å². The zero-order chi connectivity index (χ0) is 24.2. The summed E-state index contributed by atoms with van der Waals surface area (Å²) in [7, 11) is 0. The lowest BCUT2D eigenvalue weighted by Crippen LogP contribution is -2.52. The molecule has 1 aromatic heterocycles. The number of hydrogen-bond donors (Lipinski definition) is 2. The van der Waals surface area contributed by atoms with Crippen molar-refractivity contribution < 1.29 is 18.3 Å². The molecule has 3 aromatic rings. The summed E-state index contributed by atoms with van der Waals surface area (Å²) in [6.07, 6.45) is 0. The lowest BCUT2D eigenvalue weighted by Gasteiger charge is -2.23. The molecule has 1 saturated heterocycles. The summed E-state index contributed by atoms with van der Waals surface area (Å²) >= 11 is 3.29. The minimum atomic E-state index is -0.710. The number of nitrogens with zero attached hydrogens (tertiary/aromatic N) is 1. The van der Waals surface area contributed by atoms with Gasteiger partial charge in [-0.25, -0.2) is 8.78 Å². The number of rotatable bonds is 7. The minimum Gasteiger partial charge on any atom is -0.487 e. The van der Waals surface area contributed by atoms with Crippen LogP contribution in [-0.4, -0.2) is 36.0 Å². The maximum Gasteiger partial charge on any atom is 0.269 e. The molecule has 0 bridgehead atoms. The number of carbonyl (C=O) groups is 1. The second kappa shape index (κ2) is 10.6. The molecule has 1 aliphatic rings. The van der Waals surface area contributed by atoms with Crippen LogP contribution in [0, 0.1) is 18.6 Å². The monoisotopic (exact) mass is 531 g/mol. The highest BCUT2D eigenvalue weighted by atomic mass is 79.9. The van der Waals surface area contributed by atoms with Crippen molar-refractivity contribution in [2.75, 3.05) is 19.6 Å². The Morgan fingerprint density at radius 2 is 1.91 bits per heavy atom. The van der Waals surface area contributed by atoms with E-state index in [1.54, 1.807) is 29.7 Å². The molecule has 4 rings (SSSR count). The van der Waals surface area contributed by atoms with Crippen molar-refractivity contribution in [3.05, 3.63) is 97.4 Å². The smallest absolute Gasteiger partial charge is 0.269 e. The number of aryl methyl sites for hydroxylation is 1. The Labute approximate surface area is 204 Å². The van der Waals surface area contributed by atoms with Gasteiger partial charge in [0.2, 0.25) is 0 Å². The third-order valence-electron chi connectivity index (χ3n) is 5.75. The number of ketones is 1. The molecule has 1 aliphatic heterocycles. The minimum absolute atomic E-state index is 0.0361. The fourth-order valence-electron chi connectivity index (χ4n) is 3.81. The number of Topliss-reactive ketones (excluding diaryl/α,β-unsaturated/α-hetero) is 1. The molecule has 0 amide bonds. The van der Waals surface area contributed by atoms with Crippen LogP contribution in [0.15, 0.2) is 57.8 Å². The standard InChI is InChI=1S/C25H24BrF2N3O3/c1-15-10-22(34-14-18-6-7-19(27)11-20(18)28)23(26)25(33)31(15)13-16-2-4-17(5-3-16)24(32)21-12-29-8-9-30-21/h2-7,10-11,21,29-30H,8-9,12-14H2,1H3. The van der Waals surface area contributed by atoms with Crippen LogP contribution in [0.1, 0.15) is 27.2 Å². The zero-order valence-corrected chi connectivity index (χ0v) is 20.1. The molecule has 178 valence electrons. The van der Waals surface area contributed by atoms with E-state index in [9.17, 15) is 18.4 Å². The molecule has 1 atom stereocenters. The molecule has 0 saturated carbocycles. The first-order chi connectivity index (χ1) is 16.3. The average Bonchev–Trinajstić information content (AvgIpc) is 2.84. The third-order valence-corrected chi connectivity index (χ3v) is 6.48. The number of halogens is 3. The molecular formula is C25H24BrF2N3O3. The van der Waals surface area contributed by atoms with Crippen molar-refractivity contribution in [3.8, 4) is 5.75 Å². The van der Waals surface area contributed by atoms with Gasteiger partial charge in [0.25, 0.3) is 5.56 Å². The van der Waals surface area contributed by atoms with Gasteiger partial charge in [-0.1, -0.05) is 24.3 Å². The predicted octanol–water partition coefficient (Wildman–Crippen LogP) is 3.57. The molecule has 6 nitrogen and oxygen atoms in total. The Morgan fingerprint density at radius 1 is 1.15 bits per heavy atom. The fourth-order valence-corrected chi connectivity index (χ4v) is 4.25. The van der Waals surface area contributed by atoms with E-state index >= 15 is 0 Å². The van der Waals surface area contributed by atoms with Crippen molar-refractivity contribution >= 4 is 21.7 Å². The molecule has 0 radical (unpaired) electrons. The van der Waals surface area contributed by atoms with Crippen LogP contribution in [0.5, 0.6) is 5.75 Å². The Bertz CT molecular complexity index is 1260. The normalized spacial score (nSPS) is 15.8. The third kappa shape index (κ3) is 5.43. The highest BCUT2D eigenvalue weighted by Gasteiger charge is 2.21. The van der Waals surface area contributed by atoms with E-state index in [4.69, 9.17) is 4.74 Å². The number of carbonyl (C=O) groups excluding carboxylic acids is 1. The molecule has 0 aliphatic carbocycles. The summed E-state index contributed by atoms with van der Waals surface area (Å²) in [5.74, 6) is -1.06. The number of nitrogens with one attached hydrogen (secondary N) is 2. The van der Waals surface area contributed by atoms with Crippen LogP contribution < -0.4 is 20.9 Å². The highest BCUT2D eigenvalue weighted by Crippen LogP contribution is 2.24. The Morgan fingerprint density at radius 3 is 2.59 bits per heavy atom. The van der Waals surface area contributed by atoms with Gasteiger partial charge in [-0.05, 0) is 40.5 Å². The van der Waals surface area contributed by atoms with Crippen LogP contribution in [0.3, 0.4) is 0 Å². The highest BCUT2D eigenvalue weighted by molar-refractivity contribution is 9.10. The molecule has 1 unspecified atom stereocenters. The summed E-state index contributed by atoms with van der Waals surface area (Å²) in [4.78, 5) is 25.6. The molecule has 9 heteroatoms. The molecule has 34 heavy (non-hydrogen) atoms. The first-order valence-corrected chi connectivity index (χ1v) is 11.7. The number of aromatic nitrogens is 1. The van der Waals surface area contributed by atoms with Crippen molar-refractivity contribution in [1.29, 1.82) is 0 Å². The topological polar surface area (TPSA) is 72.4 Å². The number of benzene rings is 2. The van der Waals surface area contributed by atoms with Gasteiger partial charge in [0.1, 0.15) is 28.5 Å². The fraction of sp³-hybridized carbons (Fsp3) is 0.280. The molecule has 0 spiro atoms. The molecular weight excluding hydrogens is 508 g/mol. The molecule has 2 heterocycles. The van der Waals surface area contributed by atoms with E-state index < -0.39 is 11.6 Å². The molecule has 2 N–H and O–H groups in total. The van der Waals surface area contributed by atoms with E-state index in [0.29, 0.717) is 24.3 Å². The van der Waals surface area contributed by atoms with Gasteiger partial charge in [-0.2, -0.15) is 0 Å². The van der Waals surface area contributed by atoms with Crippen molar-refractivity contribution in [1.82, 2.24) is 15.2 Å². The summed E-state index contributed by atoms with van der Waals surface area (Å²) in [5.41, 5.74) is 2.02. The van der Waals surface area contributed by atoms with Gasteiger partial charge < -0.3 is 19.9 Å². The SMILES string of the molecule is Cc1cc(OCc2ccc(F)cc2F)c(Br)c(=O)n1Cc1ccc(C(=O)C2CNCCN2)cc1. The van der Waals surface area contributed by atoms with Crippen molar-refractivity contribution in [2.45, 2.75) is 26.1 Å². The maximum absolute atomic E-state index is 13.9. The van der Waals surface area contributed by atoms with E-state index in [-0.39, 0.29) is 39.8 Å². The summed E-state index contributed by atoms with van der Waals surface area (Å²) in [5, 5.41) is 6.42. The summed E-state index contributed by atoms with van der Waals surface area (Å²) in [6.45, 7) is 4.15. The van der Waals surface area contributed by atoms with Gasteiger partial charge in [0.15, 0.2) is 5.78 Å². The number of piperazine rings is 1. The number of hydrogen-bond acceptors (Lipinski definition) is 5. The van der Waals surface area contributed by atoms with Crippen LogP contribution in [0.4, 0.5) is 8.78 Å². The number of ether oxygens (including phenoxy) is 1. The maximum atomic E-state index is 13.9. The first-order valence-electron chi connectivity index (χ1n) is 10.9. The molecule has 2 aromatic carbocycles. The van der Waals surface area contributed by atoms with Crippen LogP contribution >= 0.6 is 15.9 Å². The summed E-state index contributed by atoms with van der Waals surface area (Å²) < 4.78 is 34.4. The predicted molar refractivity (Wildman–Crippen MR) is 128 cm³/mol. The van der Waals surface area contributed by atoms with Gasteiger partial charge in [0, 0.05) is 48.6 Å². The molecule has 1 fully saturated rings. The van der Waals surface area contributed by atoms with E-state index in [1.165, 1.54) is 6.07 Å². The van der Waals surface area contributed by atoms with Gasteiger partial charge >= 0.3 is 0 Å². The lowest BCUT2D eigenvalue weighted by atomic mass is 10.0. The second-order valence-electron chi connectivity index (χ2n) is 8.15. The van der Waals surface area contributed by atoms with E-state index in [2.05, 4.69) is 26.6 Å². The first kappa shape index (κ1) is 24.3. The van der Waals surface area contributed by atoms with Crippen LogP contribution in [0.2, 0.25) is 0 Å². The van der Waals surface area contributed by atoms with Crippen LogP contribution in [0.25, 0.3) is 0 Å². The zero-order valence-electron chi connectivity index (χ0n) is 18.5. The average molecular weight is 532 g/mol. The number of pyridine rings is 1. The van der Waals surface area contributed by atoms with Gasteiger partial charge in [-0.15, -0.1) is 0 Å². The van der Waals surface area contributed by atoms with Gasteiger partial charge in [0.05, 0.1) is 12.6 Å². The Hall–Kier alpha value is -2.88. The van der Waals surface area contributed by atoms with Gasteiger partial charge in [-0.3, -0.25) is 9.59 Å². The lowest BCUT2D eigenvalue weighted by molar-refractivity contribution is 0.0934. The van der Waals surface area contributed by atoms with Crippen molar-refractivity contribution in [3.63, 3.8) is 0 Å². The summed E-state index contributed by atoms with van der Waals surface area (Å²) in [6, 6.07) is 11.9. The Balaban J connectivity index is 1.47.